The third kappa shape index (κ3) is 7.32. The first-order chi connectivity index (χ1) is 11.7. The molecule has 0 radical (unpaired) electrons. The van der Waals surface area contributed by atoms with Crippen molar-refractivity contribution in [3.63, 3.8) is 0 Å². The Balaban J connectivity index is 2.48. The van der Waals surface area contributed by atoms with Crippen molar-refractivity contribution in [2.75, 3.05) is 20.8 Å². The lowest BCUT2D eigenvalue weighted by Gasteiger charge is -2.20. The molecule has 0 saturated carbocycles. The third-order valence-corrected chi connectivity index (χ3v) is 3.31. The van der Waals surface area contributed by atoms with Gasteiger partial charge in [-0.15, -0.1) is 0 Å². The van der Waals surface area contributed by atoms with E-state index in [4.69, 9.17) is 14.2 Å². The van der Waals surface area contributed by atoms with E-state index in [-0.39, 0.29) is 24.9 Å². The number of nitrogens with one attached hydrogen (secondary N) is 2. The lowest BCUT2D eigenvalue weighted by Crippen LogP contribution is -2.35. The van der Waals surface area contributed by atoms with E-state index >= 15 is 0 Å². The lowest BCUT2D eigenvalue weighted by molar-refractivity contribution is -0.121. The number of ether oxygens (including phenoxy) is 3. The molecule has 0 bridgehead atoms. The van der Waals surface area contributed by atoms with Gasteiger partial charge in [-0.25, -0.2) is 4.79 Å². The molecule has 1 atom stereocenters. The monoisotopic (exact) mass is 352 g/mol. The van der Waals surface area contributed by atoms with Gasteiger partial charge in [0.05, 0.1) is 20.3 Å². The van der Waals surface area contributed by atoms with Gasteiger partial charge in [-0.1, -0.05) is 6.07 Å². The minimum absolute atomic E-state index is 0.164. The van der Waals surface area contributed by atoms with Crippen LogP contribution >= 0.6 is 0 Å². The average Bonchev–Trinajstić information content (AvgIpc) is 2.52. The maximum Gasteiger partial charge on any atom is 0.407 e. The Kier molecular flexibility index (Phi) is 7.54. The Morgan fingerprint density at radius 1 is 1.12 bits per heavy atom. The summed E-state index contributed by atoms with van der Waals surface area (Å²) >= 11 is 0. The van der Waals surface area contributed by atoms with Gasteiger partial charge >= 0.3 is 6.09 Å². The molecule has 7 heteroatoms. The first-order valence-electron chi connectivity index (χ1n) is 8.14. The summed E-state index contributed by atoms with van der Waals surface area (Å²) < 4.78 is 15.6. The first-order valence-corrected chi connectivity index (χ1v) is 8.14. The lowest BCUT2D eigenvalue weighted by atomic mass is 10.1. The summed E-state index contributed by atoms with van der Waals surface area (Å²) in [4.78, 5) is 23.5. The number of benzene rings is 1. The van der Waals surface area contributed by atoms with Crippen molar-refractivity contribution in [1.29, 1.82) is 0 Å². The molecule has 1 aromatic carbocycles. The van der Waals surface area contributed by atoms with Crippen LogP contribution in [-0.2, 0) is 9.53 Å². The van der Waals surface area contributed by atoms with Gasteiger partial charge in [-0.3, -0.25) is 4.79 Å². The number of hydrogen-bond donors (Lipinski definition) is 2. The fourth-order valence-corrected chi connectivity index (χ4v) is 2.11. The van der Waals surface area contributed by atoms with Crippen LogP contribution in [0, 0.1) is 0 Å². The maximum absolute atomic E-state index is 12.0. The zero-order chi connectivity index (χ0) is 19.0. The predicted octanol–water partition coefficient (Wildman–Crippen LogP) is 2.80. The molecular weight excluding hydrogens is 324 g/mol. The van der Waals surface area contributed by atoms with Crippen LogP contribution in [0.25, 0.3) is 0 Å². The highest BCUT2D eigenvalue weighted by molar-refractivity contribution is 5.77. The number of carbonyl (C=O) groups excluding carboxylic acids is 2. The van der Waals surface area contributed by atoms with Gasteiger partial charge in [-0.2, -0.15) is 0 Å². The van der Waals surface area contributed by atoms with Crippen LogP contribution < -0.4 is 20.1 Å². The molecule has 2 amide bonds. The van der Waals surface area contributed by atoms with Gasteiger partial charge in [-0.05, 0) is 45.4 Å². The van der Waals surface area contributed by atoms with Gasteiger partial charge in [0, 0.05) is 13.0 Å². The summed E-state index contributed by atoms with van der Waals surface area (Å²) in [5.74, 6) is 1.07. The molecule has 0 heterocycles. The molecule has 0 aliphatic rings. The first kappa shape index (κ1) is 20.6. The van der Waals surface area contributed by atoms with Crippen LogP contribution in [0.15, 0.2) is 18.2 Å². The Bertz CT molecular complexity index is 596. The molecule has 0 saturated heterocycles. The van der Waals surface area contributed by atoms with Crippen LogP contribution in [0.4, 0.5) is 4.79 Å². The van der Waals surface area contributed by atoms with Crippen LogP contribution in [0.1, 0.15) is 45.7 Å². The van der Waals surface area contributed by atoms with E-state index in [1.54, 1.807) is 41.1 Å². The Morgan fingerprint density at radius 3 is 2.32 bits per heavy atom. The number of alkyl carbamates (subject to hydrolysis) is 1. The highest BCUT2D eigenvalue weighted by Gasteiger charge is 2.16. The Morgan fingerprint density at radius 2 is 1.76 bits per heavy atom. The second-order valence-corrected chi connectivity index (χ2v) is 6.58. The quantitative estimate of drug-likeness (QED) is 0.788. The molecule has 0 aliphatic carbocycles. The average molecular weight is 352 g/mol. The van der Waals surface area contributed by atoms with Crippen LogP contribution in [0.2, 0.25) is 0 Å². The number of hydrogen-bond acceptors (Lipinski definition) is 5. The molecule has 1 unspecified atom stereocenters. The van der Waals surface area contributed by atoms with Crippen LogP contribution in [-0.4, -0.2) is 38.4 Å². The van der Waals surface area contributed by atoms with Gasteiger partial charge in [0.1, 0.15) is 5.60 Å². The number of methoxy groups -OCH3 is 2. The van der Waals surface area contributed by atoms with Gasteiger partial charge in [0.25, 0.3) is 0 Å². The maximum atomic E-state index is 12.0. The van der Waals surface area contributed by atoms with Crippen molar-refractivity contribution < 1.29 is 23.8 Å². The number of carbonyl (C=O) groups is 2. The number of rotatable bonds is 7. The second-order valence-electron chi connectivity index (χ2n) is 6.58. The normalized spacial score (nSPS) is 12.1. The van der Waals surface area contributed by atoms with E-state index in [1.807, 2.05) is 19.1 Å². The van der Waals surface area contributed by atoms with E-state index in [1.165, 1.54) is 0 Å². The van der Waals surface area contributed by atoms with Crippen molar-refractivity contribution in [3.8, 4) is 11.5 Å². The smallest absolute Gasteiger partial charge is 0.407 e. The molecule has 0 aliphatic heterocycles. The summed E-state index contributed by atoms with van der Waals surface area (Å²) in [6.45, 7) is 7.43. The zero-order valence-electron chi connectivity index (χ0n) is 15.8. The fourth-order valence-electron chi connectivity index (χ4n) is 2.11. The van der Waals surface area contributed by atoms with Crippen molar-refractivity contribution in [2.45, 2.75) is 45.8 Å². The van der Waals surface area contributed by atoms with Crippen molar-refractivity contribution in [1.82, 2.24) is 10.6 Å². The fraction of sp³-hybridized carbons (Fsp3) is 0.556. The summed E-state index contributed by atoms with van der Waals surface area (Å²) in [5.41, 5.74) is 0.333. The molecule has 0 aromatic heterocycles. The summed E-state index contributed by atoms with van der Waals surface area (Å²) in [7, 11) is 3.13. The molecular formula is C18H28N2O5. The number of amides is 2. The van der Waals surface area contributed by atoms with E-state index in [0.717, 1.165) is 5.56 Å². The minimum Gasteiger partial charge on any atom is -0.493 e. The molecule has 2 N–H and O–H groups in total. The zero-order valence-corrected chi connectivity index (χ0v) is 15.8. The van der Waals surface area contributed by atoms with Crippen molar-refractivity contribution >= 4 is 12.0 Å². The van der Waals surface area contributed by atoms with E-state index in [2.05, 4.69) is 10.6 Å². The predicted molar refractivity (Wildman–Crippen MR) is 95.0 cm³/mol. The summed E-state index contributed by atoms with van der Waals surface area (Å²) in [6, 6.07) is 5.28. The Hall–Kier alpha value is -2.44. The molecule has 7 nitrogen and oxygen atoms in total. The SMILES string of the molecule is COc1ccc(C(C)NC(=O)CCNC(=O)OC(C)(C)C)cc1OC. The molecule has 0 spiro atoms. The highest BCUT2D eigenvalue weighted by atomic mass is 16.6. The molecule has 25 heavy (non-hydrogen) atoms. The molecule has 1 rings (SSSR count). The van der Waals surface area contributed by atoms with Crippen LogP contribution in [0.3, 0.4) is 0 Å². The largest absolute Gasteiger partial charge is 0.493 e. The van der Waals surface area contributed by atoms with Gasteiger partial charge < -0.3 is 24.8 Å². The standard InChI is InChI=1S/C18H28N2O5/c1-12(13-7-8-14(23-5)15(11-13)24-6)20-16(21)9-10-19-17(22)25-18(2,3)4/h7-8,11-12H,9-10H2,1-6H3,(H,19,22)(H,20,21). The van der Waals surface area contributed by atoms with E-state index in [0.29, 0.717) is 11.5 Å². The van der Waals surface area contributed by atoms with Gasteiger partial charge in [0.15, 0.2) is 11.5 Å². The molecule has 0 fully saturated rings. The van der Waals surface area contributed by atoms with Crippen LogP contribution in [0.5, 0.6) is 11.5 Å². The van der Waals surface area contributed by atoms with Gasteiger partial charge in [0.2, 0.25) is 5.91 Å². The second kappa shape index (κ2) is 9.15. The Labute approximate surface area is 149 Å². The summed E-state index contributed by atoms with van der Waals surface area (Å²) in [6.07, 6.45) is -0.370. The van der Waals surface area contributed by atoms with E-state index < -0.39 is 11.7 Å². The minimum atomic E-state index is -0.561. The highest BCUT2D eigenvalue weighted by Crippen LogP contribution is 2.29. The summed E-state index contributed by atoms with van der Waals surface area (Å²) in [5, 5.41) is 5.44. The van der Waals surface area contributed by atoms with Crippen molar-refractivity contribution in [3.05, 3.63) is 23.8 Å². The topological polar surface area (TPSA) is 85.9 Å². The van der Waals surface area contributed by atoms with E-state index in [9.17, 15) is 9.59 Å². The third-order valence-electron chi connectivity index (χ3n) is 3.31. The molecule has 140 valence electrons. The van der Waals surface area contributed by atoms with Crippen molar-refractivity contribution in [2.24, 2.45) is 0 Å². The molecule has 1 aromatic rings.